The third-order valence-corrected chi connectivity index (χ3v) is 2.93. The fraction of sp³-hybridized carbons (Fsp3) is 0.0667. The third-order valence-electron chi connectivity index (χ3n) is 2.16. The maximum atomic E-state index is 10.3. The van der Waals surface area contributed by atoms with Crippen molar-refractivity contribution in [3.8, 4) is 0 Å². The van der Waals surface area contributed by atoms with Crippen molar-refractivity contribution in [2.45, 2.75) is 6.92 Å². The number of rotatable bonds is 1. The Morgan fingerprint density at radius 2 is 1.78 bits per heavy atom. The van der Waals surface area contributed by atoms with Gasteiger partial charge in [-0.3, -0.25) is 4.79 Å². The Labute approximate surface area is 117 Å². The first-order valence-electron chi connectivity index (χ1n) is 5.30. The van der Waals surface area contributed by atoms with Gasteiger partial charge >= 0.3 is 0 Å². The minimum Gasteiger partial charge on any atom is -0.298 e. The fourth-order valence-electron chi connectivity index (χ4n) is 1.14. The monoisotopic (exact) mass is 278 g/mol. The first-order chi connectivity index (χ1) is 8.65. The minimum atomic E-state index is 0.455. The zero-order valence-corrected chi connectivity index (χ0v) is 11.4. The lowest BCUT2D eigenvalue weighted by Gasteiger charge is -1.90. The second kappa shape index (κ2) is 7.73. The van der Waals surface area contributed by atoms with Crippen molar-refractivity contribution in [2.75, 3.05) is 0 Å². The van der Waals surface area contributed by atoms with Gasteiger partial charge in [0.25, 0.3) is 0 Å². The van der Waals surface area contributed by atoms with Gasteiger partial charge in [0.2, 0.25) is 0 Å². The molecule has 18 heavy (non-hydrogen) atoms. The number of benzene rings is 1. The molecule has 0 unspecified atom stereocenters. The highest BCUT2D eigenvalue weighted by molar-refractivity contribution is 6.34. The van der Waals surface area contributed by atoms with Crippen LogP contribution in [0.1, 0.15) is 5.56 Å². The number of aryl methyl sites for hydroxylation is 1. The Bertz CT molecular complexity index is 526. The highest BCUT2D eigenvalue weighted by atomic mass is 35.5. The molecule has 0 bridgehead atoms. The fourth-order valence-corrected chi connectivity index (χ4v) is 1.44. The van der Waals surface area contributed by atoms with Crippen LogP contribution in [0.15, 0.2) is 64.9 Å². The predicted molar refractivity (Wildman–Crippen MR) is 76.9 cm³/mol. The van der Waals surface area contributed by atoms with E-state index in [2.05, 4.69) is 5.73 Å². The smallest absolute Gasteiger partial charge is 0.151 e. The average molecular weight is 279 g/mol. The summed E-state index contributed by atoms with van der Waals surface area (Å²) in [5.41, 5.74) is 4.42. The molecule has 3 heteroatoms. The average Bonchev–Trinajstić information content (AvgIpc) is 2.58. The molecule has 92 valence electrons. The maximum absolute atomic E-state index is 10.3. The van der Waals surface area contributed by atoms with Gasteiger partial charge < -0.3 is 0 Å². The molecule has 1 aliphatic carbocycles. The van der Waals surface area contributed by atoms with Gasteiger partial charge in [-0.05, 0) is 42.9 Å². The molecule has 0 amide bonds. The molecular weight excluding hydrogens is 267 g/mol. The topological polar surface area (TPSA) is 17.1 Å². The summed E-state index contributed by atoms with van der Waals surface area (Å²) in [6.07, 6.45) is 7.28. The van der Waals surface area contributed by atoms with Gasteiger partial charge in [-0.1, -0.05) is 41.4 Å². The van der Waals surface area contributed by atoms with Crippen molar-refractivity contribution >= 4 is 29.5 Å². The number of allylic oxidation sites excluding steroid dienone is 5. The van der Waals surface area contributed by atoms with Crippen molar-refractivity contribution in [3.63, 3.8) is 0 Å². The zero-order chi connectivity index (χ0) is 13.4. The molecule has 1 aromatic carbocycles. The summed E-state index contributed by atoms with van der Waals surface area (Å²) in [6.45, 7) is 1.99. The van der Waals surface area contributed by atoms with E-state index in [4.69, 9.17) is 23.2 Å². The maximum Gasteiger partial charge on any atom is 0.151 e. The number of halogens is 2. The molecule has 1 aromatic rings. The number of carbonyl (C=O) groups excluding carboxylic acids is 1. The third kappa shape index (κ3) is 4.77. The molecule has 0 saturated heterocycles. The molecule has 0 atom stereocenters. The van der Waals surface area contributed by atoms with Gasteiger partial charge in [0.15, 0.2) is 6.29 Å². The van der Waals surface area contributed by atoms with E-state index < -0.39 is 0 Å². The lowest BCUT2D eigenvalue weighted by atomic mass is 10.2. The molecule has 0 aromatic heterocycles. The second-order valence-corrected chi connectivity index (χ2v) is 4.32. The van der Waals surface area contributed by atoms with Crippen LogP contribution in [0.3, 0.4) is 0 Å². The summed E-state index contributed by atoms with van der Waals surface area (Å²) < 4.78 is 0. The van der Waals surface area contributed by atoms with Crippen molar-refractivity contribution in [2.24, 2.45) is 0 Å². The van der Waals surface area contributed by atoms with E-state index >= 15 is 0 Å². The van der Waals surface area contributed by atoms with Gasteiger partial charge in [0.05, 0.1) is 5.03 Å². The van der Waals surface area contributed by atoms with Gasteiger partial charge in [0, 0.05) is 10.6 Å². The molecule has 0 spiro atoms. The molecule has 0 aliphatic heterocycles. The van der Waals surface area contributed by atoms with E-state index in [1.165, 1.54) is 0 Å². The number of carbonyl (C=O) groups is 1. The minimum absolute atomic E-state index is 0.455. The van der Waals surface area contributed by atoms with Gasteiger partial charge in [-0.15, -0.1) is 5.73 Å². The molecule has 0 heterocycles. The number of hydrogen-bond acceptors (Lipinski definition) is 1. The Morgan fingerprint density at radius 3 is 2.33 bits per heavy atom. The Hall–Kier alpha value is -1.53. The molecule has 2 rings (SSSR count). The quantitative estimate of drug-likeness (QED) is 0.542. The summed E-state index contributed by atoms with van der Waals surface area (Å²) >= 11 is 11.4. The predicted octanol–water partition coefficient (Wildman–Crippen LogP) is 4.61. The molecule has 1 nitrogen and oxygen atoms in total. The summed E-state index contributed by atoms with van der Waals surface area (Å²) in [7, 11) is 0. The van der Waals surface area contributed by atoms with Crippen molar-refractivity contribution in [1.29, 1.82) is 0 Å². The first-order valence-corrected chi connectivity index (χ1v) is 6.06. The summed E-state index contributed by atoms with van der Waals surface area (Å²) in [5.74, 6) is 0. The second-order valence-electron chi connectivity index (χ2n) is 3.50. The molecule has 1 aliphatic rings. The standard InChI is InChI=1S/C8H5ClO.C7H7Cl/c9-8-5-3-1-2-4-7(8)6-10;1-6-4-2-3-5-7(6)8/h2-6H;2-5H,1H3. The van der Waals surface area contributed by atoms with Crippen LogP contribution >= 0.6 is 23.2 Å². The summed E-state index contributed by atoms with van der Waals surface area (Å²) in [6, 6.07) is 7.77. The van der Waals surface area contributed by atoms with Gasteiger partial charge in [-0.2, -0.15) is 0 Å². The highest BCUT2D eigenvalue weighted by Gasteiger charge is 1.98. The van der Waals surface area contributed by atoms with E-state index in [-0.39, 0.29) is 0 Å². The van der Waals surface area contributed by atoms with Crippen LogP contribution in [0.25, 0.3) is 0 Å². The van der Waals surface area contributed by atoms with Gasteiger partial charge in [-0.25, -0.2) is 0 Å². The van der Waals surface area contributed by atoms with Crippen LogP contribution in [0.2, 0.25) is 5.02 Å². The summed E-state index contributed by atoms with van der Waals surface area (Å²) in [4.78, 5) is 10.3. The van der Waals surface area contributed by atoms with E-state index in [1.54, 1.807) is 24.3 Å². The Kier molecular flexibility index (Phi) is 6.24. The van der Waals surface area contributed by atoms with Crippen molar-refractivity contribution in [3.05, 3.63) is 75.5 Å². The number of hydrogen-bond donors (Lipinski definition) is 0. The van der Waals surface area contributed by atoms with Crippen LogP contribution in [0.4, 0.5) is 0 Å². The SMILES string of the molecule is Cc1ccccc1Cl.O=CC1=CC=C=CC=C1Cl. The van der Waals surface area contributed by atoms with Gasteiger partial charge in [0.1, 0.15) is 0 Å². The Balaban J connectivity index is 0.000000184. The summed E-state index contributed by atoms with van der Waals surface area (Å²) in [5, 5.41) is 1.30. The van der Waals surface area contributed by atoms with E-state index in [0.717, 1.165) is 16.9 Å². The van der Waals surface area contributed by atoms with Crippen molar-refractivity contribution in [1.82, 2.24) is 0 Å². The van der Waals surface area contributed by atoms with Crippen LogP contribution < -0.4 is 0 Å². The number of aldehydes is 1. The van der Waals surface area contributed by atoms with Crippen LogP contribution in [-0.4, -0.2) is 6.29 Å². The first kappa shape index (κ1) is 14.5. The molecule has 0 fully saturated rings. The van der Waals surface area contributed by atoms with Crippen LogP contribution in [0, 0.1) is 6.92 Å². The van der Waals surface area contributed by atoms with Crippen LogP contribution in [0.5, 0.6) is 0 Å². The van der Waals surface area contributed by atoms with Crippen LogP contribution in [-0.2, 0) is 4.79 Å². The normalized spacial score (nSPS) is 12.8. The zero-order valence-electron chi connectivity index (χ0n) is 9.86. The molecule has 0 saturated carbocycles. The van der Waals surface area contributed by atoms with Crippen molar-refractivity contribution < 1.29 is 4.79 Å². The highest BCUT2D eigenvalue weighted by Crippen LogP contribution is 2.13. The van der Waals surface area contributed by atoms with E-state index in [1.807, 2.05) is 31.2 Å². The van der Waals surface area contributed by atoms with E-state index in [9.17, 15) is 4.79 Å². The Morgan fingerprint density at radius 1 is 1.11 bits per heavy atom. The lowest BCUT2D eigenvalue weighted by Crippen LogP contribution is -1.81. The molecule has 0 radical (unpaired) electrons. The molecule has 0 N–H and O–H groups in total. The van der Waals surface area contributed by atoms with E-state index in [0.29, 0.717) is 10.6 Å². The molecular formula is C15H12Cl2O. The lowest BCUT2D eigenvalue weighted by molar-refractivity contribution is -0.104. The largest absolute Gasteiger partial charge is 0.298 e.